The highest BCUT2D eigenvalue weighted by atomic mass is 16.1. The van der Waals surface area contributed by atoms with E-state index in [9.17, 15) is 4.79 Å². The molecule has 1 heterocycles. The van der Waals surface area contributed by atoms with E-state index in [1.54, 1.807) is 0 Å². The van der Waals surface area contributed by atoms with Crippen LogP contribution >= 0.6 is 0 Å². The average Bonchev–Trinajstić information content (AvgIpc) is 2.63. The van der Waals surface area contributed by atoms with Crippen LogP contribution < -0.4 is 10.6 Å². The van der Waals surface area contributed by atoms with Crippen LogP contribution in [0.2, 0.25) is 0 Å². The zero-order chi connectivity index (χ0) is 19.4. The summed E-state index contributed by atoms with van der Waals surface area (Å²) >= 11 is 0. The van der Waals surface area contributed by atoms with Crippen molar-refractivity contribution in [3.05, 3.63) is 76.6 Å². The molecule has 0 aliphatic rings. The quantitative estimate of drug-likeness (QED) is 0.675. The fraction of sp³-hybridized carbons (Fsp3) is 0.227. The largest absolute Gasteiger partial charge is 0.324 e. The zero-order valence-electron chi connectivity index (χ0n) is 16.1. The fourth-order valence-electron chi connectivity index (χ4n) is 3.07. The number of benzene rings is 2. The number of amides is 1. The van der Waals surface area contributed by atoms with Gasteiger partial charge in [0, 0.05) is 23.8 Å². The third-order valence-electron chi connectivity index (χ3n) is 4.37. The Hall–Kier alpha value is -3.21. The highest BCUT2D eigenvalue weighted by Crippen LogP contribution is 2.22. The Morgan fingerprint density at radius 3 is 2.30 bits per heavy atom. The zero-order valence-corrected chi connectivity index (χ0v) is 16.1. The molecule has 3 aromatic rings. The van der Waals surface area contributed by atoms with Gasteiger partial charge in [-0.2, -0.15) is 0 Å². The van der Waals surface area contributed by atoms with Crippen molar-refractivity contribution in [1.82, 2.24) is 9.97 Å². The first kappa shape index (κ1) is 18.6. The van der Waals surface area contributed by atoms with Gasteiger partial charge < -0.3 is 10.6 Å². The molecule has 0 aliphatic carbocycles. The van der Waals surface area contributed by atoms with Crippen molar-refractivity contribution in [3.63, 3.8) is 0 Å². The molecule has 0 radical (unpaired) electrons. The number of carbonyl (C=O) groups is 1. The number of rotatable bonds is 5. The Morgan fingerprint density at radius 1 is 1.00 bits per heavy atom. The molecule has 2 aromatic carbocycles. The third kappa shape index (κ3) is 4.50. The molecule has 3 rings (SSSR count). The van der Waals surface area contributed by atoms with Crippen molar-refractivity contribution in [2.24, 2.45) is 0 Å². The maximum atomic E-state index is 12.6. The van der Waals surface area contributed by atoms with E-state index in [0.717, 1.165) is 28.9 Å². The minimum Gasteiger partial charge on any atom is -0.324 e. The first-order valence-electron chi connectivity index (χ1n) is 9.03. The summed E-state index contributed by atoms with van der Waals surface area (Å²) in [4.78, 5) is 21.1. The van der Waals surface area contributed by atoms with Gasteiger partial charge in [0.15, 0.2) is 0 Å². The number of hydrogen-bond donors (Lipinski definition) is 2. The second kappa shape index (κ2) is 7.99. The topological polar surface area (TPSA) is 66.9 Å². The molecule has 5 nitrogen and oxygen atoms in total. The SMILES string of the molecule is CCc1cccc(C)c1NC(=O)c1cnc(Nc2cc(C)cc(C)c2)nc1. The van der Waals surface area contributed by atoms with E-state index < -0.39 is 0 Å². The van der Waals surface area contributed by atoms with Crippen molar-refractivity contribution in [1.29, 1.82) is 0 Å². The molecule has 5 heteroatoms. The van der Waals surface area contributed by atoms with E-state index in [1.165, 1.54) is 23.5 Å². The number of aryl methyl sites for hydroxylation is 4. The van der Waals surface area contributed by atoms with Crippen LogP contribution in [0, 0.1) is 20.8 Å². The lowest BCUT2D eigenvalue weighted by molar-refractivity contribution is 0.102. The van der Waals surface area contributed by atoms with Gasteiger partial charge in [-0.25, -0.2) is 9.97 Å². The molecular formula is C22H24N4O. The second-order valence-electron chi connectivity index (χ2n) is 6.71. The molecular weight excluding hydrogens is 336 g/mol. The summed E-state index contributed by atoms with van der Waals surface area (Å²) < 4.78 is 0. The van der Waals surface area contributed by atoms with Gasteiger partial charge in [0.05, 0.1) is 5.56 Å². The maximum absolute atomic E-state index is 12.6. The van der Waals surface area contributed by atoms with Crippen LogP contribution in [0.3, 0.4) is 0 Å². The lowest BCUT2D eigenvalue weighted by Gasteiger charge is -2.13. The monoisotopic (exact) mass is 360 g/mol. The molecule has 27 heavy (non-hydrogen) atoms. The number of anilines is 3. The molecule has 0 fully saturated rings. The van der Waals surface area contributed by atoms with Crippen LogP contribution in [-0.2, 0) is 6.42 Å². The van der Waals surface area contributed by atoms with E-state index in [2.05, 4.69) is 33.6 Å². The Kier molecular flexibility index (Phi) is 5.50. The minimum atomic E-state index is -0.211. The number of para-hydroxylation sites is 1. The van der Waals surface area contributed by atoms with Crippen LogP contribution in [-0.4, -0.2) is 15.9 Å². The van der Waals surface area contributed by atoms with Gasteiger partial charge in [-0.1, -0.05) is 31.2 Å². The lowest BCUT2D eigenvalue weighted by Crippen LogP contribution is -2.15. The Labute approximate surface area is 159 Å². The summed E-state index contributed by atoms with van der Waals surface area (Å²) in [7, 11) is 0. The van der Waals surface area contributed by atoms with E-state index in [-0.39, 0.29) is 5.91 Å². The first-order chi connectivity index (χ1) is 13.0. The summed E-state index contributed by atoms with van der Waals surface area (Å²) in [5, 5.41) is 6.17. The highest BCUT2D eigenvalue weighted by molar-refractivity contribution is 6.04. The molecule has 0 bridgehead atoms. The Bertz CT molecular complexity index is 944. The molecule has 0 unspecified atom stereocenters. The summed E-state index contributed by atoms with van der Waals surface area (Å²) in [6.45, 7) is 8.15. The summed E-state index contributed by atoms with van der Waals surface area (Å²) in [5.74, 6) is 0.249. The van der Waals surface area contributed by atoms with Crippen LogP contribution in [0.25, 0.3) is 0 Å². The van der Waals surface area contributed by atoms with E-state index in [4.69, 9.17) is 0 Å². The van der Waals surface area contributed by atoms with Crippen LogP contribution in [0.1, 0.15) is 39.5 Å². The van der Waals surface area contributed by atoms with Crippen LogP contribution in [0.5, 0.6) is 0 Å². The standard InChI is InChI=1S/C22H24N4O/c1-5-17-8-6-7-16(4)20(17)26-21(27)18-12-23-22(24-13-18)25-19-10-14(2)9-15(3)11-19/h6-13H,5H2,1-4H3,(H,26,27)(H,23,24,25). The van der Waals surface area contributed by atoms with Gasteiger partial charge in [0.2, 0.25) is 5.95 Å². The molecule has 0 aliphatic heterocycles. The smallest absolute Gasteiger partial charge is 0.258 e. The molecule has 0 saturated heterocycles. The van der Waals surface area contributed by atoms with Crippen molar-refractivity contribution in [2.45, 2.75) is 34.1 Å². The number of aromatic nitrogens is 2. The molecule has 1 amide bonds. The molecule has 0 saturated carbocycles. The molecule has 0 atom stereocenters. The van der Waals surface area contributed by atoms with Crippen molar-refractivity contribution in [2.75, 3.05) is 10.6 Å². The van der Waals surface area contributed by atoms with Gasteiger partial charge in [0.25, 0.3) is 5.91 Å². The van der Waals surface area contributed by atoms with E-state index >= 15 is 0 Å². The van der Waals surface area contributed by atoms with E-state index in [1.807, 2.05) is 51.1 Å². The number of nitrogens with one attached hydrogen (secondary N) is 2. The number of carbonyl (C=O) groups excluding carboxylic acids is 1. The first-order valence-corrected chi connectivity index (χ1v) is 9.03. The molecule has 0 spiro atoms. The summed E-state index contributed by atoms with van der Waals surface area (Å²) in [6.07, 6.45) is 3.93. The summed E-state index contributed by atoms with van der Waals surface area (Å²) in [6, 6.07) is 12.2. The Morgan fingerprint density at radius 2 is 1.67 bits per heavy atom. The fourth-order valence-corrected chi connectivity index (χ4v) is 3.07. The third-order valence-corrected chi connectivity index (χ3v) is 4.37. The minimum absolute atomic E-state index is 0.211. The molecule has 2 N–H and O–H groups in total. The normalized spacial score (nSPS) is 10.5. The van der Waals surface area contributed by atoms with Crippen molar-refractivity contribution in [3.8, 4) is 0 Å². The Balaban J connectivity index is 1.74. The second-order valence-corrected chi connectivity index (χ2v) is 6.71. The average molecular weight is 360 g/mol. The van der Waals surface area contributed by atoms with Crippen LogP contribution in [0.15, 0.2) is 48.8 Å². The van der Waals surface area contributed by atoms with Crippen LogP contribution in [0.4, 0.5) is 17.3 Å². The van der Waals surface area contributed by atoms with Gasteiger partial charge >= 0.3 is 0 Å². The molecule has 1 aromatic heterocycles. The van der Waals surface area contributed by atoms with Gasteiger partial charge in [0.1, 0.15) is 0 Å². The van der Waals surface area contributed by atoms with Gasteiger partial charge in [-0.15, -0.1) is 0 Å². The van der Waals surface area contributed by atoms with Gasteiger partial charge in [-0.3, -0.25) is 4.79 Å². The number of nitrogens with zero attached hydrogens (tertiary/aromatic N) is 2. The summed E-state index contributed by atoms with van der Waals surface area (Å²) in [5.41, 5.74) is 6.69. The van der Waals surface area contributed by atoms with Crippen molar-refractivity contribution >= 4 is 23.2 Å². The van der Waals surface area contributed by atoms with Crippen molar-refractivity contribution < 1.29 is 4.79 Å². The maximum Gasteiger partial charge on any atom is 0.258 e. The van der Waals surface area contributed by atoms with Gasteiger partial charge in [-0.05, 0) is 61.6 Å². The molecule has 138 valence electrons. The highest BCUT2D eigenvalue weighted by Gasteiger charge is 2.12. The number of hydrogen-bond acceptors (Lipinski definition) is 4. The predicted octanol–water partition coefficient (Wildman–Crippen LogP) is 4.96. The predicted molar refractivity (Wildman–Crippen MR) is 110 cm³/mol. The lowest BCUT2D eigenvalue weighted by atomic mass is 10.1. The van der Waals surface area contributed by atoms with E-state index in [0.29, 0.717) is 11.5 Å².